The predicted octanol–water partition coefficient (Wildman–Crippen LogP) is 2.73. The third-order valence-corrected chi connectivity index (χ3v) is 3.95. The van der Waals surface area contributed by atoms with Gasteiger partial charge in [-0.3, -0.25) is 0 Å². The second-order valence-corrected chi connectivity index (χ2v) is 5.66. The van der Waals surface area contributed by atoms with E-state index >= 15 is 0 Å². The smallest absolute Gasteiger partial charge is 0.226 e. The lowest BCUT2D eigenvalue weighted by molar-refractivity contribution is 0.326. The highest BCUT2D eigenvalue weighted by atomic mass is 19.1. The molecule has 1 atom stereocenters. The van der Waals surface area contributed by atoms with Crippen molar-refractivity contribution in [3.05, 3.63) is 47.4 Å². The van der Waals surface area contributed by atoms with Crippen LogP contribution in [0, 0.1) is 11.7 Å². The summed E-state index contributed by atoms with van der Waals surface area (Å²) in [6.07, 6.45) is 5.04. The van der Waals surface area contributed by atoms with Crippen LogP contribution in [0.25, 0.3) is 0 Å². The highest BCUT2D eigenvalue weighted by Gasteiger charge is 2.15. The SMILES string of the molecule is Fc1ccc(Cc2noc(CCC3CCCNC3)n2)cc1. The third-order valence-electron chi connectivity index (χ3n) is 3.95. The topological polar surface area (TPSA) is 51.0 Å². The van der Waals surface area contributed by atoms with E-state index in [0.717, 1.165) is 31.5 Å². The molecule has 1 fully saturated rings. The number of halogens is 1. The number of aromatic nitrogens is 2. The fourth-order valence-corrected chi connectivity index (χ4v) is 2.75. The second kappa shape index (κ2) is 6.80. The molecule has 0 aliphatic carbocycles. The minimum Gasteiger partial charge on any atom is -0.339 e. The van der Waals surface area contributed by atoms with Gasteiger partial charge in [-0.2, -0.15) is 4.98 Å². The lowest BCUT2D eigenvalue weighted by atomic mass is 9.95. The molecule has 1 aliphatic rings. The molecule has 2 heterocycles. The van der Waals surface area contributed by atoms with Gasteiger partial charge < -0.3 is 9.84 Å². The number of hydrogen-bond donors (Lipinski definition) is 1. The van der Waals surface area contributed by atoms with Crippen molar-refractivity contribution in [1.29, 1.82) is 0 Å². The number of hydrogen-bond acceptors (Lipinski definition) is 4. The predicted molar refractivity (Wildman–Crippen MR) is 77.4 cm³/mol. The van der Waals surface area contributed by atoms with Crippen molar-refractivity contribution in [1.82, 2.24) is 15.5 Å². The number of piperidine rings is 1. The molecule has 1 aromatic heterocycles. The van der Waals surface area contributed by atoms with Gasteiger partial charge in [-0.25, -0.2) is 4.39 Å². The third kappa shape index (κ3) is 4.11. The number of aryl methyl sites for hydroxylation is 1. The molecule has 0 saturated carbocycles. The summed E-state index contributed by atoms with van der Waals surface area (Å²) in [4.78, 5) is 4.42. The zero-order valence-corrected chi connectivity index (χ0v) is 12.0. The molecule has 5 heteroatoms. The first-order valence-corrected chi connectivity index (χ1v) is 7.56. The van der Waals surface area contributed by atoms with Crippen LogP contribution in [0.3, 0.4) is 0 Å². The zero-order chi connectivity index (χ0) is 14.5. The van der Waals surface area contributed by atoms with Crippen LogP contribution in [-0.2, 0) is 12.8 Å². The van der Waals surface area contributed by atoms with Crippen molar-refractivity contribution in [2.75, 3.05) is 13.1 Å². The first-order valence-electron chi connectivity index (χ1n) is 7.56. The van der Waals surface area contributed by atoms with Gasteiger partial charge in [0.2, 0.25) is 5.89 Å². The first kappa shape index (κ1) is 14.2. The maximum Gasteiger partial charge on any atom is 0.226 e. The maximum atomic E-state index is 12.9. The molecule has 4 nitrogen and oxygen atoms in total. The Morgan fingerprint density at radius 2 is 2.14 bits per heavy atom. The van der Waals surface area contributed by atoms with Crippen LogP contribution in [0.5, 0.6) is 0 Å². The largest absolute Gasteiger partial charge is 0.339 e. The Hall–Kier alpha value is -1.75. The van der Waals surface area contributed by atoms with E-state index in [1.165, 1.54) is 25.0 Å². The molecule has 3 rings (SSSR count). The van der Waals surface area contributed by atoms with Crippen LogP contribution in [-0.4, -0.2) is 23.2 Å². The fraction of sp³-hybridized carbons (Fsp3) is 0.500. The molecule has 1 unspecified atom stereocenters. The van der Waals surface area contributed by atoms with Crippen LogP contribution < -0.4 is 5.32 Å². The fourth-order valence-electron chi connectivity index (χ4n) is 2.75. The monoisotopic (exact) mass is 289 g/mol. The van der Waals surface area contributed by atoms with E-state index in [0.29, 0.717) is 24.1 Å². The normalized spacial score (nSPS) is 18.8. The van der Waals surface area contributed by atoms with Crippen molar-refractivity contribution >= 4 is 0 Å². The first-order chi connectivity index (χ1) is 10.3. The van der Waals surface area contributed by atoms with E-state index in [1.54, 1.807) is 12.1 Å². The van der Waals surface area contributed by atoms with Gasteiger partial charge in [-0.05, 0) is 56.0 Å². The van der Waals surface area contributed by atoms with E-state index in [-0.39, 0.29) is 5.82 Å². The summed E-state index contributed by atoms with van der Waals surface area (Å²) < 4.78 is 18.1. The number of nitrogens with zero attached hydrogens (tertiary/aromatic N) is 2. The van der Waals surface area contributed by atoms with Crippen LogP contribution in [0.2, 0.25) is 0 Å². The molecule has 1 saturated heterocycles. The van der Waals surface area contributed by atoms with Gasteiger partial charge >= 0.3 is 0 Å². The van der Waals surface area contributed by atoms with Crippen LogP contribution in [0.15, 0.2) is 28.8 Å². The summed E-state index contributed by atoms with van der Waals surface area (Å²) in [6.45, 7) is 2.23. The summed E-state index contributed by atoms with van der Waals surface area (Å²) in [6, 6.07) is 6.40. The van der Waals surface area contributed by atoms with Crippen LogP contribution >= 0.6 is 0 Å². The van der Waals surface area contributed by atoms with Crippen molar-refractivity contribution in [3.63, 3.8) is 0 Å². The van der Waals surface area contributed by atoms with Crippen molar-refractivity contribution in [2.45, 2.75) is 32.1 Å². The molecule has 0 spiro atoms. The lowest BCUT2D eigenvalue weighted by Crippen LogP contribution is -2.29. The van der Waals surface area contributed by atoms with Crippen molar-refractivity contribution < 1.29 is 8.91 Å². The minimum atomic E-state index is -0.228. The van der Waals surface area contributed by atoms with Gasteiger partial charge in [-0.1, -0.05) is 17.3 Å². The lowest BCUT2D eigenvalue weighted by Gasteiger charge is -2.21. The second-order valence-electron chi connectivity index (χ2n) is 5.66. The van der Waals surface area contributed by atoms with Crippen LogP contribution in [0.1, 0.15) is 36.5 Å². The van der Waals surface area contributed by atoms with Crippen LogP contribution in [0.4, 0.5) is 4.39 Å². The van der Waals surface area contributed by atoms with E-state index in [4.69, 9.17) is 4.52 Å². The maximum absolute atomic E-state index is 12.9. The Bertz CT molecular complexity index is 561. The molecule has 0 amide bonds. The summed E-state index contributed by atoms with van der Waals surface area (Å²) in [7, 11) is 0. The Labute approximate surface area is 123 Å². The molecule has 1 N–H and O–H groups in total. The summed E-state index contributed by atoms with van der Waals surface area (Å²) >= 11 is 0. The number of nitrogens with one attached hydrogen (secondary N) is 1. The zero-order valence-electron chi connectivity index (χ0n) is 12.0. The highest BCUT2D eigenvalue weighted by Crippen LogP contribution is 2.17. The molecule has 2 aromatic rings. The Morgan fingerprint density at radius 3 is 2.90 bits per heavy atom. The van der Waals surface area contributed by atoms with Gasteiger partial charge in [0.1, 0.15) is 5.82 Å². The van der Waals surface area contributed by atoms with E-state index in [2.05, 4.69) is 15.5 Å². The summed E-state index contributed by atoms with van der Waals surface area (Å²) in [5.74, 6) is 1.86. The Morgan fingerprint density at radius 1 is 1.29 bits per heavy atom. The van der Waals surface area contributed by atoms with E-state index < -0.39 is 0 Å². The summed E-state index contributed by atoms with van der Waals surface area (Å²) in [5.41, 5.74) is 0.986. The van der Waals surface area contributed by atoms with E-state index in [1.807, 2.05) is 0 Å². The van der Waals surface area contributed by atoms with Gasteiger partial charge in [0, 0.05) is 12.8 Å². The van der Waals surface area contributed by atoms with Crippen molar-refractivity contribution in [2.24, 2.45) is 5.92 Å². The summed E-state index contributed by atoms with van der Waals surface area (Å²) in [5, 5.41) is 7.42. The number of rotatable bonds is 5. The minimum absolute atomic E-state index is 0.228. The molecular weight excluding hydrogens is 269 g/mol. The molecule has 1 aromatic carbocycles. The average molecular weight is 289 g/mol. The van der Waals surface area contributed by atoms with E-state index in [9.17, 15) is 4.39 Å². The molecular formula is C16H20FN3O. The molecule has 0 radical (unpaired) electrons. The van der Waals surface area contributed by atoms with Gasteiger partial charge in [0.05, 0.1) is 0 Å². The molecule has 1 aliphatic heterocycles. The van der Waals surface area contributed by atoms with Gasteiger partial charge in [-0.15, -0.1) is 0 Å². The van der Waals surface area contributed by atoms with Gasteiger partial charge in [0.25, 0.3) is 0 Å². The standard InChI is InChI=1S/C16H20FN3O/c17-14-6-3-12(4-7-14)10-15-19-16(21-20-15)8-5-13-2-1-9-18-11-13/h3-4,6-7,13,18H,1-2,5,8-11H2. The molecule has 0 bridgehead atoms. The van der Waals surface area contributed by atoms with Crippen molar-refractivity contribution in [3.8, 4) is 0 Å². The Balaban J connectivity index is 1.52. The number of benzene rings is 1. The van der Waals surface area contributed by atoms with Gasteiger partial charge in [0.15, 0.2) is 5.82 Å². The molecule has 112 valence electrons. The quantitative estimate of drug-likeness (QED) is 0.919. The molecule has 21 heavy (non-hydrogen) atoms. The average Bonchev–Trinajstić information content (AvgIpc) is 2.96. The highest BCUT2D eigenvalue weighted by molar-refractivity contribution is 5.19. The Kier molecular flexibility index (Phi) is 4.60.